The first-order valence-corrected chi connectivity index (χ1v) is 19.9. The van der Waals surface area contributed by atoms with Crippen LogP contribution in [0.5, 0.6) is 0 Å². The second kappa shape index (κ2) is 19.6. The zero-order valence-corrected chi connectivity index (χ0v) is 35.6. The van der Waals surface area contributed by atoms with Crippen LogP contribution >= 0.6 is 0 Å². The fourth-order valence-corrected chi connectivity index (χ4v) is 7.19. The zero-order chi connectivity index (χ0) is 37.2. The van der Waals surface area contributed by atoms with Gasteiger partial charge in [-0.25, -0.2) is 0 Å². The van der Waals surface area contributed by atoms with Gasteiger partial charge >= 0.3 is 0 Å². The highest BCUT2D eigenvalue weighted by Crippen LogP contribution is 2.33. The van der Waals surface area contributed by atoms with Crippen LogP contribution in [0.2, 0.25) is 0 Å². The van der Waals surface area contributed by atoms with Crippen LogP contribution in [0, 0.1) is 0 Å². The number of hydrogen-bond donors (Lipinski definition) is 0. The lowest BCUT2D eigenvalue weighted by atomic mass is 10.0. The molecule has 4 heterocycles. The fourth-order valence-electron chi connectivity index (χ4n) is 7.19. The SMILES string of the molecule is CC(C)(C)N1CCN(C(C)(C)C)CC1.CC(C)(C)N1CCc2ccccc21.CC(C)N1CCN(C(C)C)CC1.CC(C)N1CCN(C)CC1. The summed E-state index contributed by atoms with van der Waals surface area (Å²) in [7, 11) is 2.19. The first-order chi connectivity index (χ1) is 22.6. The Hall–Kier alpha value is -1.22. The summed E-state index contributed by atoms with van der Waals surface area (Å²) >= 11 is 0. The average molecular weight is 686 g/mol. The van der Waals surface area contributed by atoms with E-state index in [0.29, 0.717) is 11.1 Å². The maximum absolute atomic E-state index is 2.58. The zero-order valence-electron chi connectivity index (χ0n) is 35.6. The minimum absolute atomic E-state index is 0.257. The van der Waals surface area contributed by atoms with Gasteiger partial charge in [0, 0.05) is 126 Å². The summed E-state index contributed by atoms with van der Waals surface area (Å²) in [4.78, 5) is 17.7. The van der Waals surface area contributed by atoms with Crippen molar-refractivity contribution in [2.24, 2.45) is 0 Å². The molecule has 0 bridgehead atoms. The van der Waals surface area contributed by atoms with Crippen LogP contribution in [0.3, 0.4) is 0 Å². The molecule has 0 atom stereocenters. The Morgan fingerprint density at radius 1 is 0.449 bits per heavy atom. The van der Waals surface area contributed by atoms with Gasteiger partial charge in [0.1, 0.15) is 0 Å². The summed E-state index contributed by atoms with van der Waals surface area (Å²) < 4.78 is 0. The lowest BCUT2D eigenvalue weighted by Crippen LogP contribution is -2.57. The van der Waals surface area contributed by atoms with Crippen molar-refractivity contribution in [3.8, 4) is 0 Å². The number of likely N-dealkylation sites (N-methyl/N-ethyl adjacent to an activating group) is 1. The first-order valence-electron chi connectivity index (χ1n) is 19.9. The van der Waals surface area contributed by atoms with E-state index in [-0.39, 0.29) is 5.54 Å². The molecule has 3 fully saturated rings. The van der Waals surface area contributed by atoms with E-state index < -0.39 is 0 Å². The smallest absolute Gasteiger partial charge is 0.0403 e. The van der Waals surface area contributed by atoms with Gasteiger partial charge in [-0.15, -0.1) is 0 Å². The predicted octanol–water partition coefficient (Wildman–Crippen LogP) is 7.11. The minimum Gasteiger partial charge on any atom is -0.366 e. The van der Waals surface area contributed by atoms with Gasteiger partial charge in [0.25, 0.3) is 0 Å². The second-order valence-corrected chi connectivity index (χ2v) is 18.7. The third kappa shape index (κ3) is 15.1. The molecule has 7 heteroatoms. The monoisotopic (exact) mass is 686 g/mol. The molecule has 7 nitrogen and oxygen atoms in total. The number of rotatable bonds is 3. The highest BCUT2D eigenvalue weighted by Gasteiger charge is 2.30. The van der Waals surface area contributed by atoms with Gasteiger partial charge in [-0.3, -0.25) is 24.5 Å². The molecule has 286 valence electrons. The average Bonchev–Trinajstić information content (AvgIpc) is 3.47. The molecular formula is C42H83N7. The molecule has 1 aromatic carbocycles. The summed E-state index contributed by atoms with van der Waals surface area (Å²) in [5.74, 6) is 0. The van der Waals surface area contributed by atoms with E-state index in [1.807, 2.05) is 0 Å². The molecule has 49 heavy (non-hydrogen) atoms. The Morgan fingerprint density at radius 3 is 1.12 bits per heavy atom. The van der Waals surface area contributed by atoms with Crippen molar-refractivity contribution >= 4 is 5.69 Å². The van der Waals surface area contributed by atoms with Crippen molar-refractivity contribution in [2.45, 2.75) is 145 Å². The van der Waals surface area contributed by atoms with E-state index in [1.165, 1.54) is 103 Å². The predicted molar refractivity (Wildman–Crippen MR) is 218 cm³/mol. The van der Waals surface area contributed by atoms with Crippen molar-refractivity contribution in [1.82, 2.24) is 29.4 Å². The van der Waals surface area contributed by atoms with Crippen LogP contribution in [0.25, 0.3) is 0 Å². The van der Waals surface area contributed by atoms with Crippen LogP contribution in [0.1, 0.15) is 109 Å². The molecule has 0 N–H and O–H groups in total. The van der Waals surface area contributed by atoms with Crippen LogP contribution in [0.15, 0.2) is 24.3 Å². The number of fused-ring (bicyclic) bond motifs is 1. The van der Waals surface area contributed by atoms with Crippen molar-refractivity contribution < 1.29 is 0 Å². The highest BCUT2D eigenvalue weighted by molar-refractivity contribution is 5.59. The van der Waals surface area contributed by atoms with E-state index in [4.69, 9.17) is 0 Å². The maximum atomic E-state index is 2.58. The molecule has 4 aliphatic rings. The van der Waals surface area contributed by atoms with Gasteiger partial charge in [0.15, 0.2) is 0 Å². The van der Waals surface area contributed by atoms with Crippen LogP contribution in [-0.4, -0.2) is 156 Å². The van der Waals surface area contributed by atoms with E-state index in [2.05, 4.69) is 169 Å². The van der Waals surface area contributed by atoms with Gasteiger partial charge in [-0.1, -0.05) is 18.2 Å². The largest absolute Gasteiger partial charge is 0.366 e. The van der Waals surface area contributed by atoms with Crippen molar-refractivity contribution in [1.29, 1.82) is 0 Å². The molecule has 5 rings (SSSR count). The quantitative estimate of drug-likeness (QED) is 0.334. The van der Waals surface area contributed by atoms with Gasteiger partial charge < -0.3 is 9.80 Å². The minimum atomic E-state index is 0.257. The van der Waals surface area contributed by atoms with E-state index in [9.17, 15) is 0 Å². The summed E-state index contributed by atoms with van der Waals surface area (Å²) in [5.41, 5.74) is 3.85. The van der Waals surface area contributed by atoms with E-state index in [0.717, 1.165) is 18.1 Å². The topological polar surface area (TPSA) is 22.7 Å². The fraction of sp³-hybridized carbons (Fsp3) is 0.857. The van der Waals surface area contributed by atoms with Gasteiger partial charge in [-0.2, -0.15) is 0 Å². The number of piperazine rings is 3. The Bertz CT molecular complexity index is 986. The molecule has 0 saturated carbocycles. The summed E-state index contributed by atoms with van der Waals surface area (Å²) in [6, 6.07) is 10.9. The second-order valence-electron chi connectivity index (χ2n) is 18.7. The standard InChI is InChI=1S/C12H26N2.C12H17N.C10H22N2.C8H18N2/c1-11(2,3)13-7-9-14(10-8-13)12(4,5)6;1-12(2,3)13-9-8-10-6-4-5-7-11(10)13;1-9(2)11-5-7-12(8-6-11)10(3)4;1-8(2)10-6-4-9(3)5-7-10/h7-10H2,1-6H3;4-7H,8-9H2,1-3H3;9-10H,5-8H2,1-4H3;8H,4-7H2,1-3H3. The number of nitrogens with zero attached hydrogens (tertiary/aromatic N) is 7. The molecule has 0 amide bonds. The summed E-state index contributed by atoms with van der Waals surface area (Å²) in [5, 5.41) is 0. The molecular weight excluding hydrogens is 603 g/mol. The molecule has 0 radical (unpaired) electrons. The number of para-hydroxylation sites is 1. The Balaban J connectivity index is 0.000000228. The van der Waals surface area contributed by atoms with Crippen molar-refractivity contribution in [2.75, 3.05) is 97.0 Å². The third-order valence-electron chi connectivity index (χ3n) is 11.0. The van der Waals surface area contributed by atoms with Gasteiger partial charge in [-0.05, 0) is 129 Å². The van der Waals surface area contributed by atoms with Crippen LogP contribution in [-0.2, 0) is 6.42 Å². The van der Waals surface area contributed by atoms with E-state index >= 15 is 0 Å². The number of benzene rings is 1. The molecule has 3 saturated heterocycles. The normalized spacial score (nSPS) is 21.2. The number of anilines is 1. The Labute approximate surface area is 306 Å². The summed E-state index contributed by atoms with van der Waals surface area (Å²) in [6.07, 6.45) is 1.20. The molecule has 1 aromatic rings. The molecule has 0 unspecified atom stereocenters. The lowest BCUT2D eigenvalue weighted by Gasteiger charge is -2.46. The third-order valence-corrected chi connectivity index (χ3v) is 11.0. The first kappa shape index (κ1) is 43.9. The van der Waals surface area contributed by atoms with Gasteiger partial charge in [0.05, 0.1) is 0 Å². The molecule has 0 spiro atoms. The van der Waals surface area contributed by atoms with Crippen LogP contribution in [0.4, 0.5) is 5.69 Å². The molecule has 0 aromatic heterocycles. The maximum Gasteiger partial charge on any atom is 0.0403 e. The van der Waals surface area contributed by atoms with Gasteiger partial charge in [0.2, 0.25) is 0 Å². The molecule has 4 aliphatic heterocycles. The van der Waals surface area contributed by atoms with E-state index in [1.54, 1.807) is 0 Å². The number of hydrogen-bond acceptors (Lipinski definition) is 7. The summed E-state index contributed by atoms with van der Waals surface area (Å²) in [6.45, 7) is 50.3. The lowest BCUT2D eigenvalue weighted by molar-refractivity contribution is 0.0211. The van der Waals surface area contributed by atoms with Crippen molar-refractivity contribution in [3.63, 3.8) is 0 Å². The van der Waals surface area contributed by atoms with Crippen molar-refractivity contribution in [3.05, 3.63) is 29.8 Å². The Kier molecular flexibility index (Phi) is 17.6. The Morgan fingerprint density at radius 2 is 0.796 bits per heavy atom. The highest BCUT2D eigenvalue weighted by atomic mass is 15.3. The van der Waals surface area contributed by atoms with Crippen LogP contribution < -0.4 is 4.90 Å². The molecule has 0 aliphatic carbocycles.